The van der Waals surface area contributed by atoms with Crippen molar-refractivity contribution in [1.82, 2.24) is 5.32 Å². The van der Waals surface area contributed by atoms with E-state index in [-0.39, 0.29) is 11.9 Å². The van der Waals surface area contributed by atoms with E-state index in [9.17, 15) is 4.39 Å². The quantitative estimate of drug-likeness (QED) is 0.827. The van der Waals surface area contributed by atoms with Crippen LogP contribution in [0, 0.1) is 5.82 Å². The SMILES string of the molecule is CCNC(C)c1cc(F)ccc1OCCc1ccccc1. The van der Waals surface area contributed by atoms with E-state index in [0.717, 1.165) is 24.3 Å². The molecule has 1 N–H and O–H groups in total. The molecule has 1 atom stereocenters. The van der Waals surface area contributed by atoms with Crippen LogP contribution in [0.5, 0.6) is 5.75 Å². The monoisotopic (exact) mass is 287 g/mol. The van der Waals surface area contributed by atoms with Crippen molar-refractivity contribution in [2.45, 2.75) is 26.3 Å². The third-order valence-electron chi connectivity index (χ3n) is 3.44. The summed E-state index contributed by atoms with van der Waals surface area (Å²) in [5.74, 6) is 0.519. The van der Waals surface area contributed by atoms with Crippen LogP contribution in [0.3, 0.4) is 0 Å². The minimum absolute atomic E-state index is 0.0671. The molecule has 2 aromatic carbocycles. The van der Waals surface area contributed by atoms with Gasteiger partial charge in [-0.1, -0.05) is 37.3 Å². The molecule has 0 saturated heterocycles. The molecular formula is C18H22FNO. The van der Waals surface area contributed by atoms with Crippen LogP contribution in [-0.4, -0.2) is 13.2 Å². The minimum atomic E-state index is -0.231. The first-order valence-corrected chi connectivity index (χ1v) is 7.40. The Morgan fingerprint density at radius 1 is 1.14 bits per heavy atom. The van der Waals surface area contributed by atoms with Gasteiger partial charge in [-0.2, -0.15) is 0 Å². The fourth-order valence-electron chi connectivity index (χ4n) is 2.33. The number of nitrogens with one attached hydrogen (secondary N) is 1. The highest BCUT2D eigenvalue weighted by atomic mass is 19.1. The molecule has 0 aliphatic heterocycles. The van der Waals surface area contributed by atoms with Crippen LogP contribution in [0.2, 0.25) is 0 Å². The van der Waals surface area contributed by atoms with E-state index < -0.39 is 0 Å². The lowest BCUT2D eigenvalue weighted by atomic mass is 10.1. The molecule has 2 rings (SSSR count). The maximum absolute atomic E-state index is 13.5. The van der Waals surface area contributed by atoms with Crippen molar-refractivity contribution in [2.24, 2.45) is 0 Å². The number of hydrogen-bond acceptors (Lipinski definition) is 2. The normalized spacial score (nSPS) is 12.1. The Hall–Kier alpha value is -1.87. The summed E-state index contributed by atoms with van der Waals surface area (Å²) in [5.41, 5.74) is 2.10. The smallest absolute Gasteiger partial charge is 0.124 e. The summed E-state index contributed by atoms with van der Waals surface area (Å²) in [4.78, 5) is 0. The van der Waals surface area contributed by atoms with Gasteiger partial charge in [0.15, 0.2) is 0 Å². The van der Waals surface area contributed by atoms with E-state index in [4.69, 9.17) is 4.74 Å². The van der Waals surface area contributed by atoms with Crippen molar-refractivity contribution in [1.29, 1.82) is 0 Å². The van der Waals surface area contributed by atoms with Crippen molar-refractivity contribution in [2.75, 3.05) is 13.2 Å². The maximum atomic E-state index is 13.5. The van der Waals surface area contributed by atoms with Gasteiger partial charge in [-0.05, 0) is 37.2 Å². The van der Waals surface area contributed by atoms with Gasteiger partial charge in [-0.3, -0.25) is 0 Å². The van der Waals surface area contributed by atoms with E-state index in [0.29, 0.717) is 6.61 Å². The van der Waals surface area contributed by atoms with Crippen LogP contribution in [0.4, 0.5) is 4.39 Å². The fraction of sp³-hybridized carbons (Fsp3) is 0.333. The van der Waals surface area contributed by atoms with Crippen LogP contribution < -0.4 is 10.1 Å². The summed E-state index contributed by atoms with van der Waals surface area (Å²) in [6.07, 6.45) is 0.841. The Kier molecular flexibility index (Phi) is 5.76. The molecule has 2 nitrogen and oxygen atoms in total. The molecule has 0 aliphatic carbocycles. The molecular weight excluding hydrogens is 265 g/mol. The van der Waals surface area contributed by atoms with Crippen molar-refractivity contribution < 1.29 is 9.13 Å². The van der Waals surface area contributed by atoms with E-state index in [1.54, 1.807) is 12.1 Å². The number of halogens is 1. The van der Waals surface area contributed by atoms with Crippen molar-refractivity contribution in [3.63, 3.8) is 0 Å². The van der Waals surface area contributed by atoms with Gasteiger partial charge in [0.2, 0.25) is 0 Å². The van der Waals surface area contributed by atoms with Gasteiger partial charge in [0.1, 0.15) is 11.6 Å². The predicted molar refractivity (Wildman–Crippen MR) is 84.1 cm³/mol. The molecule has 0 heterocycles. The van der Waals surface area contributed by atoms with Gasteiger partial charge in [0, 0.05) is 18.0 Å². The molecule has 0 bridgehead atoms. The molecule has 0 spiro atoms. The first-order valence-electron chi connectivity index (χ1n) is 7.40. The molecule has 112 valence electrons. The summed E-state index contributed by atoms with van der Waals surface area (Å²) in [6, 6.07) is 15.0. The molecule has 0 amide bonds. The molecule has 0 radical (unpaired) electrons. The second kappa shape index (κ2) is 7.79. The summed E-state index contributed by atoms with van der Waals surface area (Å²) >= 11 is 0. The van der Waals surface area contributed by atoms with Gasteiger partial charge < -0.3 is 10.1 Å². The van der Waals surface area contributed by atoms with Crippen molar-refractivity contribution in [3.05, 3.63) is 65.5 Å². The van der Waals surface area contributed by atoms with E-state index in [1.807, 2.05) is 32.0 Å². The lowest BCUT2D eigenvalue weighted by Crippen LogP contribution is -2.19. The van der Waals surface area contributed by atoms with Gasteiger partial charge in [0.25, 0.3) is 0 Å². The van der Waals surface area contributed by atoms with Crippen LogP contribution >= 0.6 is 0 Å². The highest BCUT2D eigenvalue weighted by molar-refractivity contribution is 5.36. The first-order chi connectivity index (χ1) is 10.2. The molecule has 0 aliphatic rings. The largest absolute Gasteiger partial charge is 0.493 e. The number of benzene rings is 2. The summed E-state index contributed by atoms with van der Waals surface area (Å²) in [7, 11) is 0. The van der Waals surface area contributed by atoms with Gasteiger partial charge >= 0.3 is 0 Å². The average Bonchev–Trinajstić information content (AvgIpc) is 2.50. The topological polar surface area (TPSA) is 21.3 Å². The third kappa shape index (κ3) is 4.57. The van der Waals surface area contributed by atoms with Crippen LogP contribution in [-0.2, 0) is 6.42 Å². The Morgan fingerprint density at radius 2 is 1.90 bits per heavy atom. The average molecular weight is 287 g/mol. The van der Waals surface area contributed by atoms with E-state index in [2.05, 4.69) is 17.4 Å². The predicted octanol–water partition coefficient (Wildman–Crippen LogP) is 4.12. The molecule has 0 aromatic heterocycles. The summed E-state index contributed by atoms with van der Waals surface area (Å²) in [6.45, 7) is 5.47. The Balaban J connectivity index is 2.02. The highest BCUT2D eigenvalue weighted by Gasteiger charge is 2.12. The third-order valence-corrected chi connectivity index (χ3v) is 3.44. The van der Waals surface area contributed by atoms with Crippen LogP contribution in [0.1, 0.15) is 31.0 Å². The lowest BCUT2D eigenvalue weighted by Gasteiger charge is -2.18. The molecule has 3 heteroatoms. The zero-order chi connectivity index (χ0) is 15.1. The van der Waals surface area contributed by atoms with E-state index >= 15 is 0 Å². The molecule has 21 heavy (non-hydrogen) atoms. The first kappa shape index (κ1) is 15.5. The van der Waals surface area contributed by atoms with Gasteiger partial charge in [0.05, 0.1) is 6.61 Å². The van der Waals surface area contributed by atoms with Crippen LogP contribution in [0.25, 0.3) is 0 Å². The molecule has 1 unspecified atom stereocenters. The lowest BCUT2D eigenvalue weighted by molar-refractivity contribution is 0.314. The second-order valence-corrected chi connectivity index (χ2v) is 5.05. The van der Waals surface area contributed by atoms with Crippen LogP contribution in [0.15, 0.2) is 48.5 Å². The minimum Gasteiger partial charge on any atom is -0.493 e. The number of ether oxygens (including phenoxy) is 1. The number of hydrogen-bond donors (Lipinski definition) is 1. The standard InChI is InChI=1S/C18H22FNO/c1-3-20-14(2)17-13-16(19)9-10-18(17)21-12-11-15-7-5-4-6-8-15/h4-10,13-14,20H,3,11-12H2,1-2H3. The van der Waals surface area contributed by atoms with Crippen molar-refractivity contribution >= 4 is 0 Å². The summed E-state index contributed by atoms with van der Waals surface area (Å²) < 4.78 is 19.3. The van der Waals surface area contributed by atoms with Gasteiger partial charge in [-0.15, -0.1) is 0 Å². The molecule has 0 fully saturated rings. The number of rotatable bonds is 7. The molecule has 2 aromatic rings. The Bertz CT molecular complexity index is 556. The van der Waals surface area contributed by atoms with Crippen molar-refractivity contribution in [3.8, 4) is 5.75 Å². The second-order valence-electron chi connectivity index (χ2n) is 5.05. The Labute approximate surface area is 126 Å². The zero-order valence-electron chi connectivity index (χ0n) is 12.6. The highest BCUT2D eigenvalue weighted by Crippen LogP contribution is 2.26. The molecule has 0 saturated carbocycles. The maximum Gasteiger partial charge on any atom is 0.124 e. The zero-order valence-corrected chi connectivity index (χ0v) is 12.6. The Morgan fingerprint density at radius 3 is 2.62 bits per heavy atom. The van der Waals surface area contributed by atoms with Gasteiger partial charge in [-0.25, -0.2) is 4.39 Å². The fourth-order valence-corrected chi connectivity index (χ4v) is 2.33. The summed E-state index contributed by atoms with van der Waals surface area (Å²) in [5, 5.41) is 3.29. The van der Waals surface area contributed by atoms with E-state index in [1.165, 1.54) is 11.6 Å².